The van der Waals surface area contributed by atoms with Gasteiger partial charge in [0.2, 0.25) is 5.91 Å². The van der Waals surface area contributed by atoms with Gasteiger partial charge in [-0.2, -0.15) is 0 Å². The molecule has 2 aromatic carbocycles. The lowest BCUT2D eigenvalue weighted by Crippen LogP contribution is -2.46. The number of hydrogen-bond donors (Lipinski definition) is 1. The van der Waals surface area contributed by atoms with Crippen LogP contribution in [0.15, 0.2) is 48.5 Å². The van der Waals surface area contributed by atoms with Crippen molar-refractivity contribution in [2.45, 2.75) is 25.3 Å². The third-order valence-electron chi connectivity index (χ3n) is 4.76. The van der Waals surface area contributed by atoms with E-state index in [4.69, 9.17) is 4.74 Å². The normalized spacial score (nSPS) is 16.3. The second-order valence-corrected chi connectivity index (χ2v) is 6.61. The van der Waals surface area contributed by atoms with Gasteiger partial charge < -0.3 is 15.0 Å². The van der Waals surface area contributed by atoms with Gasteiger partial charge in [0.1, 0.15) is 11.8 Å². The van der Waals surface area contributed by atoms with Gasteiger partial charge in [-0.25, -0.2) is 8.78 Å². The van der Waals surface area contributed by atoms with Crippen LogP contribution in [-0.2, 0) is 4.79 Å². The number of carbonyl (C=O) groups excluding carboxylic acids is 2. The second-order valence-electron chi connectivity index (χ2n) is 6.61. The number of methoxy groups -OCH3 is 1. The van der Waals surface area contributed by atoms with Crippen LogP contribution in [-0.4, -0.2) is 49.4 Å². The third-order valence-corrected chi connectivity index (χ3v) is 4.76. The van der Waals surface area contributed by atoms with Crippen LogP contribution in [0.25, 0.3) is 11.1 Å². The first kappa shape index (κ1) is 19.8. The number of likely N-dealkylation sites (tertiary alicyclic amines) is 1. The van der Waals surface area contributed by atoms with Crippen LogP contribution in [0.3, 0.4) is 0 Å². The van der Waals surface area contributed by atoms with E-state index in [-0.39, 0.29) is 5.91 Å². The first-order valence-electron chi connectivity index (χ1n) is 9.11. The summed E-state index contributed by atoms with van der Waals surface area (Å²) in [6.07, 6.45) is -1.49. The number of nitrogens with zero attached hydrogens (tertiary/aromatic N) is 1. The highest BCUT2D eigenvalue weighted by atomic mass is 19.3. The largest absolute Gasteiger partial charge is 0.497 e. The van der Waals surface area contributed by atoms with Crippen LogP contribution in [0.2, 0.25) is 0 Å². The summed E-state index contributed by atoms with van der Waals surface area (Å²) in [7, 11) is 1.59. The summed E-state index contributed by atoms with van der Waals surface area (Å²) in [6, 6.07) is 13.9. The van der Waals surface area contributed by atoms with Gasteiger partial charge in [0.15, 0.2) is 0 Å². The highest BCUT2D eigenvalue weighted by molar-refractivity contribution is 5.98. The van der Waals surface area contributed by atoms with Gasteiger partial charge in [0, 0.05) is 12.1 Å². The highest BCUT2D eigenvalue weighted by Gasteiger charge is 2.34. The zero-order chi connectivity index (χ0) is 20.1. The van der Waals surface area contributed by atoms with E-state index in [1.165, 1.54) is 4.90 Å². The summed E-state index contributed by atoms with van der Waals surface area (Å²) in [4.78, 5) is 26.6. The molecule has 1 unspecified atom stereocenters. The Bertz CT molecular complexity index is 857. The number of nitrogens with one attached hydrogen (secondary N) is 1. The fourth-order valence-electron chi connectivity index (χ4n) is 3.38. The third kappa shape index (κ3) is 4.47. The molecule has 0 radical (unpaired) electrons. The molecule has 0 aliphatic carbocycles. The number of rotatable bonds is 6. The Hall–Kier alpha value is -2.96. The Balaban J connectivity index is 1.79. The monoisotopic (exact) mass is 388 g/mol. The van der Waals surface area contributed by atoms with Crippen LogP contribution in [0, 0.1) is 0 Å². The number of alkyl halides is 2. The smallest absolute Gasteiger partial charge is 0.255 e. The molecule has 0 saturated carbocycles. The summed E-state index contributed by atoms with van der Waals surface area (Å²) >= 11 is 0. The van der Waals surface area contributed by atoms with Crippen molar-refractivity contribution in [3.63, 3.8) is 0 Å². The average Bonchev–Trinajstić information content (AvgIpc) is 3.21. The van der Waals surface area contributed by atoms with Crippen molar-refractivity contribution >= 4 is 11.8 Å². The molecule has 148 valence electrons. The molecule has 1 saturated heterocycles. The van der Waals surface area contributed by atoms with Gasteiger partial charge in [-0.3, -0.25) is 9.59 Å². The second kappa shape index (κ2) is 8.82. The van der Waals surface area contributed by atoms with Crippen LogP contribution in [0.5, 0.6) is 5.75 Å². The maximum atomic E-state index is 13.0. The topological polar surface area (TPSA) is 58.6 Å². The molecule has 1 N–H and O–H groups in total. The van der Waals surface area contributed by atoms with Crippen molar-refractivity contribution in [2.75, 3.05) is 20.2 Å². The van der Waals surface area contributed by atoms with E-state index in [1.54, 1.807) is 25.3 Å². The molecule has 0 aromatic heterocycles. The summed E-state index contributed by atoms with van der Waals surface area (Å²) in [5.41, 5.74) is 2.21. The molecule has 1 fully saturated rings. The van der Waals surface area contributed by atoms with Crippen molar-refractivity contribution in [2.24, 2.45) is 0 Å². The van der Waals surface area contributed by atoms with Gasteiger partial charge in [-0.05, 0) is 48.2 Å². The van der Waals surface area contributed by atoms with Crippen molar-refractivity contribution in [3.8, 4) is 16.9 Å². The number of ether oxygens (including phenoxy) is 1. The van der Waals surface area contributed by atoms with Gasteiger partial charge in [0.25, 0.3) is 12.3 Å². The lowest BCUT2D eigenvalue weighted by atomic mass is 10.0. The van der Waals surface area contributed by atoms with Crippen LogP contribution < -0.4 is 10.1 Å². The number of benzene rings is 2. The van der Waals surface area contributed by atoms with Crippen molar-refractivity contribution in [1.82, 2.24) is 10.2 Å². The van der Waals surface area contributed by atoms with E-state index in [9.17, 15) is 18.4 Å². The fraction of sp³-hybridized carbons (Fsp3) is 0.333. The molecule has 1 aliphatic rings. The number of hydrogen-bond acceptors (Lipinski definition) is 3. The quantitative estimate of drug-likeness (QED) is 0.826. The summed E-state index contributed by atoms with van der Waals surface area (Å²) in [6.45, 7) is -0.280. The number of carbonyl (C=O) groups is 2. The fourth-order valence-corrected chi connectivity index (χ4v) is 3.38. The molecule has 1 aliphatic heterocycles. The molecular formula is C21H22F2N2O3. The summed E-state index contributed by atoms with van der Waals surface area (Å²) in [5, 5.41) is 2.21. The molecule has 5 nitrogen and oxygen atoms in total. The first-order chi connectivity index (χ1) is 13.5. The Morgan fingerprint density at radius 1 is 1.18 bits per heavy atom. The van der Waals surface area contributed by atoms with Gasteiger partial charge >= 0.3 is 0 Å². The zero-order valence-corrected chi connectivity index (χ0v) is 15.5. The Labute approximate surface area is 162 Å². The van der Waals surface area contributed by atoms with E-state index >= 15 is 0 Å². The number of amides is 2. The standard InChI is InChI=1S/C21H22F2N2O3/c1-28-17-8-3-6-15(12-17)14-5-2-7-16(11-14)21(27)25-10-4-9-18(25)20(26)24-13-19(22)23/h2-3,5-8,11-12,18-19H,4,9-10,13H2,1H3,(H,24,26). The van der Waals surface area contributed by atoms with E-state index in [2.05, 4.69) is 5.32 Å². The molecule has 2 aromatic rings. The molecule has 1 heterocycles. The molecule has 2 amide bonds. The van der Waals surface area contributed by atoms with E-state index < -0.39 is 24.9 Å². The summed E-state index contributed by atoms with van der Waals surface area (Å²) in [5.74, 6) is -0.0981. The first-order valence-corrected chi connectivity index (χ1v) is 9.11. The minimum Gasteiger partial charge on any atom is -0.497 e. The van der Waals surface area contributed by atoms with Crippen LogP contribution >= 0.6 is 0 Å². The molecule has 1 atom stereocenters. The Morgan fingerprint density at radius 2 is 1.89 bits per heavy atom. The van der Waals surface area contributed by atoms with E-state index in [0.717, 1.165) is 11.1 Å². The average molecular weight is 388 g/mol. The molecule has 3 rings (SSSR count). The Morgan fingerprint density at radius 3 is 2.61 bits per heavy atom. The van der Waals surface area contributed by atoms with Crippen molar-refractivity contribution in [1.29, 1.82) is 0 Å². The van der Waals surface area contributed by atoms with Crippen LogP contribution in [0.1, 0.15) is 23.2 Å². The lowest BCUT2D eigenvalue weighted by molar-refractivity contribution is -0.125. The molecular weight excluding hydrogens is 366 g/mol. The summed E-state index contributed by atoms with van der Waals surface area (Å²) < 4.78 is 30.0. The predicted molar refractivity (Wildman–Crippen MR) is 102 cm³/mol. The highest BCUT2D eigenvalue weighted by Crippen LogP contribution is 2.26. The maximum Gasteiger partial charge on any atom is 0.255 e. The minimum absolute atomic E-state index is 0.278. The number of halogens is 2. The Kier molecular flexibility index (Phi) is 6.23. The zero-order valence-electron chi connectivity index (χ0n) is 15.5. The van der Waals surface area contributed by atoms with E-state index in [0.29, 0.717) is 30.7 Å². The van der Waals surface area contributed by atoms with Gasteiger partial charge in [0.05, 0.1) is 13.7 Å². The molecule has 0 spiro atoms. The van der Waals surface area contributed by atoms with Crippen molar-refractivity contribution < 1.29 is 23.1 Å². The van der Waals surface area contributed by atoms with Gasteiger partial charge in [-0.15, -0.1) is 0 Å². The van der Waals surface area contributed by atoms with Gasteiger partial charge in [-0.1, -0.05) is 24.3 Å². The maximum absolute atomic E-state index is 13.0. The lowest BCUT2D eigenvalue weighted by Gasteiger charge is -2.24. The SMILES string of the molecule is COc1cccc(-c2cccc(C(=O)N3CCCC3C(=O)NCC(F)F)c2)c1. The molecule has 7 heteroatoms. The predicted octanol–water partition coefficient (Wildman–Crippen LogP) is 3.35. The molecule has 28 heavy (non-hydrogen) atoms. The van der Waals surface area contributed by atoms with Crippen molar-refractivity contribution in [3.05, 3.63) is 54.1 Å². The molecule has 0 bridgehead atoms. The minimum atomic E-state index is -2.62. The van der Waals surface area contributed by atoms with Crippen LogP contribution in [0.4, 0.5) is 8.78 Å². The van der Waals surface area contributed by atoms with E-state index in [1.807, 2.05) is 30.3 Å².